The quantitative estimate of drug-likeness (QED) is 0.437. The number of piperazine rings is 1. The number of nitrogens with one attached hydrogen (secondary N) is 1. The molecule has 0 unspecified atom stereocenters. The largest absolute Gasteiger partial charge is 0.357 e. The molecule has 11 nitrogen and oxygen atoms in total. The van der Waals surface area contributed by atoms with Gasteiger partial charge in [0.25, 0.3) is 11.7 Å². The minimum atomic E-state index is -0.825. The fourth-order valence-corrected chi connectivity index (χ4v) is 3.56. The van der Waals surface area contributed by atoms with Crippen molar-refractivity contribution in [2.24, 2.45) is 0 Å². The second-order valence-corrected chi connectivity index (χ2v) is 7.47. The lowest BCUT2D eigenvalue weighted by atomic mass is 10.1. The summed E-state index contributed by atoms with van der Waals surface area (Å²) in [6, 6.07) is 0. The average molecular weight is 428 g/mol. The van der Waals surface area contributed by atoms with E-state index in [0.29, 0.717) is 13.1 Å². The number of carbonyl (C=O) groups is 3. The number of halogens is 1. The Labute approximate surface area is 176 Å². The first kappa shape index (κ1) is 20.6. The zero-order chi connectivity index (χ0) is 22.1. The molecular weight excluding hydrogens is 407 g/mol. The standard InChI is InChI=1S/C19H21FN8O3/c1-25(2)11-14(29)26-5-7-27(8-6-26)19(31)17(30)12-9-21-16-15(12)13(20)10-22-18(16)28-4-3-23-24-28/h3-4,9-10,21H,5-8,11H2,1-2H3. The fraction of sp³-hybridized carbons (Fsp3) is 0.368. The second-order valence-electron chi connectivity index (χ2n) is 7.47. The number of nitrogens with zero attached hydrogens (tertiary/aromatic N) is 7. The third-order valence-corrected chi connectivity index (χ3v) is 5.09. The van der Waals surface area contributed by atoms with Crippen LogP contribution in [0.5, 0.6) is 0 Å². The Kier molecular flexibility index (Phi) is 5.46. The molecule has 12 heteroatoms. The second kappa shape index (κ2) is 8.22. The number of likely N-dealkylation sites (N-methyl/N-ethyl adjacent to an activating group) is 1. The van der Waals surface area contributed by atoms with E-state index in [-0.39, 0.29) is 47.8 Å². The molecule has 0 radical (unpaired) electrons. The van der Waals surface area contributed by atoms with Gasteiger partial charge in [0.15, 0.2) is 11.6 Å². The molecule has 0 saturated carbocycles. The Hall–Kier alpha value is -3.67. The van der Waals surface area contributed by atoms with E-state index in [2.05, 4.69) is 20.3 Å². The van der Waals surface area contributed by atoms with Gasteiger partial charge in [-0.15, -0.1) is 5.10 Å². The lowest BCUT2D eigenvalue weighted by molar-refractivity contribution is -0.137. The first-order valence-corrected chi connectivity index (χ1v) is 9.65. The van der Waals surface area contributed by atoms with Crippen LogP contribution in [0.3, 0.4) is 0 Å². The van der Waals surface area contributed by atoms with Gasteiger partial charge in [0.1, 0.15) is 0 Å². The molecule has 31 heavy (non-hydrogen) atoms. The normalized spacial score (nSPS) is 14.5. The van der Waals surface area contributed by atoms with Crippen molar-refractivity contribution in [1.29, 1.82) is 0 Å². The van der Waals surface area contributed by atoms with Gasteiger partial charge in [0, 0.05) is 32.4 Å². The highest BCUT2D eigenvalue weighted by Gasteiger charge is 2.31. The number of hydrogen-bond donors (Lipinski definition) is 1. The summed E-state index contributed by atoms with van der Waals surface area (Å²) < 4.78 is 15.9. The molecule has 0 spiro atoms. The minimum Gasteiger partial charge on any atom is -0.357 e. The number of amides is 2. The van der Waals surface area contributed by atoms with E-state index in [0.717, 1.165) is 6.20 Å². The molecule has 0 bridgehead atoms. The van der Waals surface area contributed by atoms with E-state index >= 15 is 0 Å². The molecule has 3 aromatic rings. The van der Waals surface area contributed by atoms with Crippen LogP contribution < -0.4 is 0 Å². The number of fused-ring (bicyclic) bond motifs is 1. The molecule has 1 fully saturated rings. The highest BCUT2D eigenvalue weighted by Crippen LogP contribution is 2.26. The molecular formula is C19H21FN8O3. The van der Waals surface area contributed by atoms with Crippen molar-refractivity contribution in [2.75, 3.05) is 46.8 Å². The van der Waals surface area contributed by atoms with Gasteiger partial charge in [0.2, 0.25) is 5.91 Å². The predicted octanol–water partition coefficient (Wildman–Crippen LogP) is -0.302. The highest BCUT2D eigenvalue weighted by molar-refractivity contribution is 6.45. The van der Waals surface area contributed by atoms with E-state index in [9.17, 15) is 18.8 Å². The SMILES string of the molecule is CN(C)CC(=O)N1CCN(C(=O)C(=O)c2c[nH]c3c(-n4ccnn4)ncc(F)c23)CC1. The molecule has 0 atom stereocenters. The number of aromatic nitrogens is 5. The Morgan fingerprint density at radius 1 is 1.16 bits per heavy atom. The van der Waals surface area contributed by atoms with Gasteiger partial charge in [0.05, 0.1) is 41.6 Å². The molecule has 2 amide bonds. The molecule has 4 rings (SSSR count). The number of hydrogen-bond acceptors (Lipinski definition) is 7. The Morgan fingerprint density at radius 2 is 1.87 bits per heavy atom. The Balaban J connectivity index is 1.53. The van der Waals surface area contributed by atoms with Crippen LogP contribution in [0, 0.1) is 5.82 Å². The zero-order valence-corrected chi connectivity index (χ0v) is 17.1. The summed E-state index contributed by atoms with van der Waals surface area (Å²) in [4.78, 5) is 49.5. The van der Waals surface area contributed by atoms with Gasteiger partial charge in [-0.3, -0.25) is 14.4 Å². The number of rotatable bonds is 5. The van der Waals surface area contributed by atoms with Gasteiger partial charge in [-0.2, -0.15) is 0 Å². The molecule has 0 aromatic carbocycles. The highest BCUT2D eigenvalue weighted by atomic mass is 19.1. The average Bonchev–Trinajstić information content (AvgIpc) is 3.43. The molecule has 1 saturated heterocycles. The molecule has 162 valence electrons. The van der Waals surface area contributed by atoms with Gasteiger partial charge in [-0.05, 0) is 14.1 Å². The Morgan fingerprint density at radius 3 is 2.52 bits per heavy atom. The first-order valence-electron chi connectivity index (χ1n) is 9.65. The maximum absolute atomic E-state index is 14.6. The number of pyridine rings is 1. The van der Waals surface area contributed by atoms with Crippen LogP contribution in [0.25, 0.3) is 16.7 Å². The third-order valence-electron chi connectivity index (χ3n) is 5.09. The lowest BCUT2D eigenvalue weighted by Gasteiger charge is -2.34. The van der Waals surface area contributed by atoms with Crippen LogP contribution in [0.4, 0.5) is 4.39 Å². The van der Waals surface area contributed by atoms with Crippen molar-refractivity contribution >= 4 is 28.5 Å². The number of H-pyrrole nitrogens is 1. The maximum atomic E-state index is 14.6. The first-order chi connectivity index (χ1) is 14.9. The molecule has 3 aromatic heterocycles. The van der Waals surface area contributed by atoms with E-state index in [1.807, 2.05) is 0 Å². The summed E-state index contributed by atoms with van der Waals surface area (Å²) in [6.07, 6.45) is 5.25. The summed E-state index contributed by atoms with van der Waals surface area (Å²) in [6.45, 7) is 1.44. The van der Waals surface area contributed by atoms with Crippen molar-refractivity contribution in [3.8, 4) is 5.82 Å². The van der Waals surface area contributed by atoms with Crippen LogP contribution in [0.15, 0.2) is 24.8 Å². The predicted molar refractivity (Wildman–Crippen MR) is 107 cm³/mol. The summed E-state index contributed by atoms with van der Waals surface area (Å²) >= 11 is 0. The van der Waals surface area contributed by atoms with Crippen LogP contribution in [-0.4, -0.2) is 104 Å². The number of ketones is 1. The lowest BCUT2D eigenvalue weighted by Crippen LogP contribution is -2.53. The fourth-order valence-electron chi connectivity index (χ4n) is 3.56. The number of carbonyl (C=O) groups excluding carboxylic acids is 3. The summed E-state index contributed by atoms with van der Waals surface area (Å²) in [5.41, 5.74) is 0.160. The topological polar surface area (TPSA) is 120 Å². The molecule has 4 heterocycles. The van der Waals surface area contributed by atoms with Crippen LogP contribution >= 0.6 is 0 Å². The van der Waals surface area contributed by atoms with Crippen LogP contribution in [0.1, 0.15) is 10.4 Å². The van der Waals surface area contributed by atoms with Crippen molar-refractivity contribution in [3.05, 3.63) is 36.2 Å². The monoisotopic (exact) mass is 428 g/mol. The minimum absolute atomic E-state index is 0.0290. The Bertz CT molecular complexity index is 1130. The number of Topliss-reactive ketones (excluding diaryl/α,β-unsaturated/α-hetero) is 1. The van der Waals surface area contributed by atoms with E-state index in [4.69, 9.17) is 0 Å². The molecule has 1 aliphatic heterocycles. The summed E-state index contributed by atoms with van der Waals surface area (Å²) in [7, 11) is 3.61. The van der Waals surface area contributed by atoms with Gasteiger partial charge < -0.3 is 19.7 Å². The van der Waals surface area contributed by atoms with E-state index in [1.165, 1.54) is 28.2 Å². The van der Waals surface area contributed by atoms with Crippen molar-refractivity contribution in [1.82, 2.24) is 39.7 Å². The van der Waals surface area contributed by atoms with Crippen LogP contribution in [-0.2, 0) is 9.59 Å². The zero-order valence-electron chi connectivity index (χ0n) is 17.1. The molecule has 1 aliphatic rings. The van der Waals surface area contributed by atoms with Gasteiger partial charge >= 0.3 is 0 Å². The molecule has 0 aliphatic carbocycles. The maximum Gasteiger partial charge on any atom is 0.295 e. The van der Waals surface area contributed by atoms with E-state index < -0.39 is 17.5 Å². The van der Waals surface area contributed by atoms with Gasteiger partial charge in [-0.1, -0.05) is 5.21 Å². The number of aromatic amines is 1. The summed E-state index contributed by atoms with van der Waals surface area (Å²) in [5.74, 6) is -2.06. The van der Waals surface area contributed by atoms with Gasteiger partial charge in [-0.25, -0.2) is 14.1 Å². The smallest absolute Gasteiger partial charge is 0.295 e. The van der Waals surface area contributed by atoms with Crippen molar-refractivity contribution in [2.45, 2.75) is 0 Å². The summed E-state index contributed by atoms with van der Waals surface area (Å²) in [5, 5.41) is 7.51. The molecule has 1 N–H and O–H groups in total. The van der Waals surface area contributed by atoms with E-state index in [1.54, 1.807) is 23.9 Å². The van der Waals surface area contributed by atoms with Crippen LogP contribution in [0.2, 0.25) is 0 Å². The van der Waals surface area contributed by atoms with Crippen molar-refractivity contribution < 1.29 is 18.8 Å². The third kappa shape index (κ3) is 3.89. The van der Waals surface area contributed by atoms with Crippen molar-refractivity contribution in [3.63, 3.8) is 0 Å².